The van der Waals surface area contributed by atoms with Gasteiger partial charge in [0.1, 0.15) is 6.54 Å². The molecule has 2 aliphatic heterocycles. The van der Waals surface area contributed by atoms with Crippen molar-refractivity contribution in [1.29, 1.82) is 0 Å². The highest BCUT2D eigenvalue weighted by Crippen LogP contribution is 2.51. The Hall–Kier alpha value is -1.69. The lowest BCUT2D eigenvalue weighted by Gasteiger charge is -2.34. The standard InChI is InChI=1S/C18H27N3O3/c1-5-18(10-22)8-14-6-7-15(18)21(14)16(24)9-20-12(3)17(13(4)23)11(2)19-20/h14-15,22H,5-10H2,1-4H3/t14-,15+,18-/m0/s1. The third-order valence-electron chi connectivity index (χ3n) is 6.18. The number of Topliss-reactive ketones (excluding diaryl/α,β-unsaturated/α-hetero) is 1. The van der Waals surface area contributed by atoms with Crippen LogP contribution in [-0.4, -0.2) is 50.2 Å². The van der Waals surface area contributed by atoms with Crippen LogP contribution in [0.4, 0.5) is 0 Å². The van der Waals surface area contributed by atoms with Gasteiger partial charge in [-0.2, -0.15) is 5.10 Å². The Kier molecular flexibility index (Phi) is 4.28. The summed E-state index contributed by atoms with van der Waals surface area (Å²) < 4.78 is 1.65. The van der Waals surface area contributed by atoms with E-state index in [0.717, 1.165) is 31.4 Å². The van der Waals surface area contributed by atoms with E-state index in [0.29, 0.717) is 11.3 Å². The van der Waals surface area contributed by atoms with Crippen LogP contribution in [-0.2, 0) is 11.3 Å². The zero-order valence-electron chi connectivity index (χ0n) is 15.0. The number of aliphatic hydroxyl groups is 1. The van der Waals surface area contributed by atoms with Crippen molar-refractivity contribution in [2.45, 2.75) is 72.0 Å². The Morgan fingerprint density at radius 1 is 1.33 bits per heavy atom. The van der Waals surface area contributed by atoms with Gasteiger partial charge < -0.3 is 10.0 Å². The zero-order valence-corrected chi connectivity index (χ0v) is 15.0. The average molecular weight is 333 g/mol. The molecule has 6 nitrogen and oxygen atoms in total. The van der Waals surface area contributed by atoms with Crippen LogP contribution in [0.15, 0.2) is 0 Å². The first kappa shape index (κ1) is 17.1. The maximum Gasteiger partial charge on any atom is 0.244 e. The number of hydrogen-bond donors (Lipinski definition) is 1. The minimum atomic E-state index is -0.141. The number of carbonyl (C=O) groups excluding carboxylic acids is 2. The largest absolute Gasteiger partial charge is 0.396 e. The van der Waals surface area contributed by atoms with Crippen LogP contribution in [0, 0.1) is 19.3 Å². The first-order valence-electron chi connectivity index (χ1n) is 8.81. The van der Waals surface area contributed by atoms with Crippen molar-refractivity contribution in [3.05, 3.63) is 17.0 Å². The molecular weight excluding hydrogens is 306 g/mol. The van der Waals surface area contributed by atoms with Crippen LogP contribution >= 0.6 is 0 Å². The van der Waals surface area contributed by atoms with Gasteiger partial charge in [0.25, 0.3) is 0 Å². The van der Waals surface area contributed by atoms with Gasteiger partial charge in [0.15, 0.2) is 5.78 Å². The maximum atomic E-state index is 12.9. The molecule has 2 saturated heterocycles. The number of ketones is 1. The summed E-state index contributed by atoms with van der Waals surface area (Å²) in [5.74, 6) is 0.0298. The van der Waals surface area contributed by atoms with Gasteiger partial charge in [-0.3, -0.25) is 14.3 Å². The second-order valence-corrected chi connectivity index (χ2v) is 7.39. The molecule has 0 aromatic carbocycles. The van der Waals surface area contributed by atoms with Gasteiger partial charge in [-0.1, -0.05) is 6.92 Å². The molecule has 6 heteroatoms. The number of aliphatic hydroxyl groups excluding tert-OH is 1. The van der Waals surface area contributed by atoms with E-state index in [-0.39, 0.29) is 42.3 Å². The molecule has 1 aromatic heterocycles. The molecule has 3 heterocycles. The lowest BCUT2D eigenvalue weighted by atomic mass is 9.72. The van der Waals surface area contributed by atoms with E-state index in [1.165, 1.54) is 6.92 Å². The van der Waals surface area contributed by atoms with Crippen molar-refractivity contribution >= 4 is 11.7 Å². The number of fused-ring (bicyclic) bond motifs is 2. The van der Waals surface area contributed by atoms with Crippen LogP contribution < -0.4 is 0 Å². The summed E-state index contributed by atoms with van der Waals surface area (Å²) in [5.41, 5.74) is 1.91. The predicted molar refractivity (Wildman–Crippen MR) is 89.8 cm³/mol. The van der Waals surface area contributed by atoms with Crippen LogP contribution in [0.1, 0.15) is 61.3 Å². The number of amides is 1. The molecule has 2 bridgehead atoms. The maximum absolute atomic E-state index is 12.9. The molecule has 1 N–H and O–H groups in total. The van der Waals surface area contributed by atoms with Crippen molar-refractivity contribution in [2.75, 3.05) is 6.61 Å². The van der Waals surface area contributed by atoms with E-state index < -0.39 is 0 Å². The van der Waals surface area contributed by atoms with Crippen LogP contribution in [0.2, 0.25) is 0 Å². The normalized spacial score (nSPS) is 28.6. The number of nitrogens with zero attached hydrogens (tertiary/aromatic N) is 3. The van der Waals surface area contributed by atoms with Gasteiger partial charge in [0, 0.05) is 23.2 Å². The Morgan fingerprint density at radius 3 is 2.54 bits per heavy atom. The Bertz CT molecular complexity index is 675. The van der Waals surface area contributed by atoms with Gasteiger partial charge in [-0.05, 0) is 46.5 Å². The predicted octanol–water partition coefficient (Wildman–Crippen LogP) is 1.85. The van der Waals surface area contributed by atoms with Crippen molar-refractivity contribution in [1.82, 2.24) is 14.7 Å². The molecule has 3 atom stereocenters. The SMILES string of the molecule is CC[C@@]1(CO)C[C@@H]2CC[C@H]1N2C(=O)Cn1nc(C)c(C(C)=O)c1C. The monoisotopic (exact) mass is 333 g/mol. The summed E-state index contributed by atoms with van der Waals surface area (Å²) in [6.07, 6.45) is 3.78. The fraction of sp³-hybridized carbons (Fsp3) is 0.722. The molecule has 0 radical (unpaired) electrons. The molecule has 0 unspecified atom stereocenters. The van der Waals surface area contributed by atoms with Crippen LogP contribution in [0.3, 0.4) is 0 Å². The van der Waals surface area contributed by atoms with Gasteiger partial charge >= 0.3 is 0 Å². The smallest absolute Gasteiger partial charge is 0.244 e. The van der Waals surface area contributed by atoms with E-state index in [4.69, 9.17) is 0 Å². The first-order valence-corrected chi connectivity index (χ1v) is 8.81. The Labute approximate surface area is 142 Å². The molecule has 0 saturated carbocycles. The molecule has 0 spiro atoms. The molecule has 3 rings (SSSR count). The molecule has 1 aromatic rings. The van der Waals surface area contributed by atoms with E-state index in [9.17, 15) is 14.7 Å². The highest BCUT2D eigenvalue weighted by atomic mass is 16.3. The fourth-order valence-electron chi connectivity index (χ4n) is 4.90. The van der Waals surface area contributed by atoms with Crippen molar-refractivity contribution in [3.8, 4) is 0 Å². The first-order chi connectivity index (χ1) is 11.3. The molecule has 24 heavy (non-hydrogen) atoms. The lowest BCUT2D eigenvalue weighted by molar-refractivity contribution is -0.134. The molecule has 132 valence electrons. The topological polar surface area (TPSA) is 75.4 Å². The molecule has 0 aliphatic carbocycles. The second kappa shape index (κ2) is 5.99. The Morgan fingerprint density at radius 2 is 2.04 bits per heavy atom. The number of rotatable bonds is 5. The summed E-state index contributed by atoms with van der Waals surface area (Å²) in [4.78, 5) is 26.7. The summed E-state index contributed by atoms with van der Waals surface area (Å²) in [6.45, 7) is 7.58. The summed E-state index contributed by atoms with van der Waals surface area (Å²) in [6, 6.07) is 0.369. The lowest BCUT2D eigenvalue weighted by Crippen LogP contribution is -2.43. The highest BCUT2D eigenvalue weighted by Gasteiger charge is 2.56. The minimum absolute atomic E-state index is 0.0183. The number of carbonyl (C=O) groups is 2. The summed E-state index contributed by atoms with van der Waals surface area (Å²) in [5, 5.41) is 14.3. The third kappa shape index (κ3) is 2.39. The number of hydrogen-bond acceptors (Lipinski definition) is 4. The van der Waals surface area contributed by atoms with Gasteiger partial charge in [-0.15, -0.1) is 0 Å². The third-order valence-corrected chi connectivity index (χ3v) is 6.18. The summed E-state index contributed by atoms with van der Waals surface area (Å²) >= 11 is 0. The zero-order chi connectivity index (χ0) is 17.6. The second-order valence-electron chi connectivity index (χ2n) is 7.39. The van der Waals surface area contributed by atoms with Crippen molar-refractivity contribution in [2.24, 2.45) is 5.41 Å². The van der Waals surface area contributed by atoms with Gasteiger partial charge in [0.2, 0.25) is 5.91 Å². The van der Waals surface area contributed by atoms with Gasteiger partial charge in [0.05, 0.1) is 17.9 Å². The van der Waals surface area contributed by atoms with E-state index >= 15 is 0 Å². The van der Waals surface area contributed by atoms with Crippen LogP contribution in [0.25, 0.3) is 0 Å². The van der Waals surface area contributed by atoms with E-state index in [2.05, 4.69) is 12.0 Å². The van der Waals surface area contributed by atoms with E-state index in [1.807, 2.05) is 11.8 Å². The minimum Gasteiger partial charge on any atom is -0.396 e. The average Bonchev–Trinajstić information content (AvgIpc) is 3.17. The molecule has 1 amide bonds. The van der Waals surface area contributed by atoms with E-state index in [1.54, 1.807) is 11.6 Å². The number of aromatic nitrogens is 2. The Balaban J connectivity index is 1.82. The van der Waals surface area contributed by atoms with Crippen molar-refractivity contribution < 1.29 is 14.7 Å². The van der Waals surface area contributed by atoms with Crippen molar-refractivity contribution in [3.63, 3.8) is 0 Å². The van der Waals surface area contributed by atoms with Crippen LogP contribution in [0.5, 0.6) is 0 Å². The molecule has 2 fully saturated rings. The quantitative estimate of drug-likeness (QED) is 0.835. The molecular formula is C18H27N3O3. The highest BCUT2D eigenvalue weighted by molar-refractivity contribution is 5.96. The number of aryl methyl sites for hydroxylation is 1. The molecule has 2 aliphatic rings. The van der Waals surface area contributed by atoms with Gasteiger partial charge in [-0.25, -0.2) is 0 Å². The fourth-order valence-corrected chi connectivity index (χ4v) is 4.90. The summed E-state index contributed by atoms with van der Waals surface area (Å²) in [7, 11) is 0.